The van der Waals surface area contributed by atoms with Crippen LogP contribution in [0.2, 0.25) is 0 Å². The molecule has 1 aromatic carbocycles. The number of carbonyl (C=O) groups excluding carboxylic acids is 2. The Kier molecular flexibility index (Phi) is 3.28. The van der Waals surface area contributed by atoms with E-state index in [0.717, 1.165) is 0 Å². The van der Waals surface area contributed by atoms with E-state index in [1.54, 1.807) is 18.2 Å². The molecular formula is C10H13N3O2. The van der Waals surface area contributed by atoms with Crippen LogP contribution in [-0.4, -0.2) is 18.2 Å². The third kappa shape index (κ3) is 2.98. The van der Waals surface area contributed by atoms with Crippen molar-refractivity contribution in [3.05, 3.63) is 23.8 Å². The van der Waals surface area contributed by atoms with Crippen molar-refractivity contribution in [3.8, 4) is 0 Å². The molecule has 0 heterocycles. The average molecular weight is 207 g/mol. The number of benzene rings is 1. The van der Waals surface area contributed by atoms with Crippen LogP contribution in [0.4, 0.5) is 11.4 Å². The molecule has 1 aromatic rings. The monoisotopic (exact) mass is 207 g/mol. The van der Waals surface area contributed by atoms with Gasteiger partial charge in [0.05, 0.1) is 6.54 Å². The first kappa shape index (κ1) is 11.0. The number of carbonyl (C=O) groups is 2. The number of nitrogens with one attached hydrogen (secondary N) is 1. The fraction of sp³-hybridized carbons (Fsp3) is 0.200. The van der Waals surface area contributed by atoms with Crippen LogP contribution in [-0.2, 0) is 4.79 Å². The van der Waals surface area contributed by atoms with E-state index < -0.39 is 5.91 Å². The zero-order chi connectivity index (χ0) is 11.4. The van der Waals surface area contributed by atoms with Crippen molar-refractivity contribution in [3.63, 3.8) is 0 Å². The second-order valence-corrected chi connectivity index (χ2v) is 3.18. The predicted molar refractivity (Wildman–Crippen MR) is 58.5 cm³/mol. The molecule has 0 bridgehead atoms. The molecule has 0 unspecified atom stereocenters. The second-order valence-electron chi connectivity index (χ2n) is 3.18. The fourth-order valence-electron chi connectivity index (χ4n) is 1.16. The van der Waals surface area contributed by atoms with E-state index in [2.05, 4.69) is 5.32 Å². The van der Waals surface area contributed by atoms with E-state index in [9.17, 15) is 9.59 Å². The predicted octanol–water partition coefficient (Wildman–Crippen LogP) is 0.369. The third-order valence-electron chi connectivity index (χ3n) is 1.90. The van der Waals surface area contributed by atoms with Gasteiger partial charge in [0, 0.05) is 16.9 Å². The summed E-state index contributed by atoms with van der Waals surface area (Å²) in [6.07, 6.45) is 0. The number of nitrogen functional groups attached to an aromatic ring is 1. The minimum absolute atomic E-state index is 0.0290. The summed E-state index contributed by atoms with van der Waals surface area (Å²) in [5.74, 6) is -0.577. The molecule has 5 nitrogen and oxygen atoms in total. The molecule has 0 aliphatic carbocycles. The highest BCUT2D eigenvalue weighted by atomic mass is 16.1. The highest BCUT2D eigenvalue weighted by molar-refractivity contribution is 6.00. The molecule has 80 valence electrons. The molecule has 0 aliphatic heterocycles. The quantitative estimate of drug-likeness (QED) is 0.490. The summed E-state index contributed by atoms with van der Waals surface area (Å²) in [5, 5.41) is 2.78. The van der Waals surface area contributed by atoms with Crippen LogP contribution in [0.3, 0.4) is 0 Å². The SMILES string of the molecule is CC(=O)c1cc(NCC(N)=O)ccc1N. The Morgan fingerprint density at radius 3 is 2.60 bits per heavy atom. The van der Waals surface area contributed by atoms with Crippen LogP contribution >= 0.6 is 0 Å². The zero-order valence-electron chi connectivity index (χ0n) is 8.41. The summed E-state index contributed by atoms with van der Waals surface area (Å²) in [6, 6.07) is 4.89. The van der Waals surface area contributed by atoms with Gasteiger partial charge in [-0.25, -0.2) is 0 Å². The van der Waals surface area contributed by atoms with Crippen LogP contribution in [0, 0.1) is 0 Å². The molecule has 5 heteroatoms. The number of hydrogen-bond acceptors (Lipinski definition) is 4. The number of rotatable bonds is 4. The van der Waals surface area contributed by atoms with Gasteiger partial charge in [-0.05, 0) is 25.1 Å². The number of ketones is 1. The average Bonchev–Trinajstić information content (AvgIpc) is 2.16. The summed E-state index contributed by atoms with van der Waals surface area (Å²) < 4.78 is 0. The lowest BCUT2D eigenvalue weighted by molar-refractivity contribution is -0.116. The maximum absolute atomic E-state index is 11.2. The standard InChI is InChI=1S/C10H13N3O2/c1-6(14)8-4-7(2-3-9(8)11)13-5-10(12)15/h2-4,13H,5,11H2,1H3,(H2,12,15). The van der Waals surface area contributed by atoms with Gasteiger partial charge in [-0.1, -0.05) is 0 Å². The van der Waals surface area contributed by atoms with Crippen LogP contribution < -0.4 is 16.8 Å². The van der Waals surface area contributed by atoms with Crippen molar-refractivity contribution in [2.45, 2.75) is 6.92 Å². The molecule has 1 rings (SSSR count). The molecule has 0 aromatic heterocycles. The van der Waals surface area contributed by atoms with E-state index >= 15 is 0 Å². The molecule has 0 radical (unpaired) electrons. The van der Waals surface area contributed by atoms with Crippen molar-refractivity contribution in [2.75, 3.05) is 17.6 Å². The highest BCUT2D eigenvalue weighted by Crippen LogP contribution is 2.17. The maximum Gasteiger partial charge on any atom is 0.236 e. The van der Waals surface area contributed by atoms with Gasteiger partial charge >= 0.3 is 0 Å². The number of nitrogens with two attached hydrogens (primary N) is 2. The van der Waals surface area contributed by atoms with E-state index in [1.165, 1.54) is 6.92 Å². The van der Waals surface area contributed by atoms with E-state index in [-0.39, 0.29) is 12.3 Å². The summed E-state index contributed by atoms with van der Waals surface area (Å²) >= 11 is 0. The number of amides is 1. The molecule has 15 heavy (non-hydrogen) atoms. The van der Waals surface area contributed by atoms with Crippen LogP contribution in [0.1, 0.15) is 17.3 Å². The largest absolute Gasteiger partial charge is 0.398 e. The van der Waals surface area contributed by atoms with Gasteiger partial charge in [0.1, 0.15) is 0 Å². The van der Waals surface area contributed by atoms with Crippen molar-refractivity contribution in [1.82, 2.24) is 0 Å². The van der Waals surface area contributed by atoms with E-state index in [4.69, 9.17) is 11.5 Å². The molecule has 1 amide bonds. The van der Waals surface area contributed by atoms with Gasteiger partial charge in [0.25, 0.3) is 0 Å². The Balaban J connectivity index is 2.87. The molecule has 0 saturated carbocycles. The van der Waals surface area contributed by atoms with Gasteiger partial charge < -0.3 is 16.8 Å². The topological polar surface area (TPSA) is 98.2 Å². The highest BCUT2D eigenvalue weighted by Gasteiger charge is 2.05. The van der Waals surface area contributed by atoms with Gasteiger partial charge in [-0.2, -0.15) is 0 Å². The third-order valence-corrected chi connectivity index (χ3v) is 1.90. The van der Waals surface area contributed by atoms with Gasteiger partial charge in [-0.15, -0.1) is 0 Å². The number of anilines is 2. The minimum atomic E-state index is -0.462. The smallest absolute Gasteiger partial charge is 0.236 e. The molecule has 0 atom stereocenters. The summed E-state index contributed by atoms with van der Waals surface area (Å²) in [7, 11) is 0. The van der Waals surface area contributed by atoms with Crippen LogP contribution in [0.15, 0.2) is 18.2 Å². The summed E-state index contributed by atoms with van der Waals surface area (Å²) in [6.45, 7) is 1.46. The zero-order valence-corrected chi connectivity index (χ0v) is 8.41. The molecule has 5 N–H and O–H groups in total. The van der Waals surface area contributed by atoms with E-state index in [1.807, 2.05) is 0 Å². The summed E-state index contributed by atoms with van der Waals surface area (Å²) in [5.41, 5.74) is 12.1. The lowest BCUT2D eigenvalue weighted by Gasteiger charge is -2.07. The van der Waals surface area contributed by atoms with Crippen molar-refractivity contribution in [2.24, 2.45) is 5.73 Å². The summed E-state index contributed by atoms with van der Waals surface area (Å²) in [4.78, 5) is 21.7. The molecule has 0 fully saturated rings. The first-order valence-corrected chi connectivity index (χ1v) is 4.43. The lowest BCUT2D eigenvalue weighted by atomic mass is 10.1. The Morgan fingerprint density at radius 1 is 1.40 bits per heavy atom. The number of primary amides is 1. The minimum Gasteiger partial charge on any atom is -0.398 e. The molecular weight excluding hydrogens is 194 g/mol. The number of hydrogen-bond donors (Lipinski definition) is 3. The maximum atomic E-state index is 11.2. The Bertz CT molecular complexity index is 402. The van der Waals surface area contributed by atoms with Crippen LogP contribution in [0.25, 0.3) is 0 Å². The van der Waals surface area contributed by atoms with Gasteiger partial charge in [-0.3, -0.25) is 9.59 Å². The first-order chi connectivity index (χ1) is 7.00. The van der Waals surface area contributed by atoms with Crippen molar-refractivity contribution < 1.29 is 9.59 Å². The molecule has 0 spiro atoms. The van der Waals surface area contributed by atoms with Crippen LogP contribution in [0.5, 0.6) is 0 Å². The fourth-order valence-corrected chi connectivity index (χ4v) is 1.16. The van der Waals surface area contributed by atoms with Crippen molar-refractivity contribution in [1.29, 1.82) is 0 Å². The van der Waals surface area contributed by atoms with E-state index in [0.29, 0.717) is 16.9 Å². The van der Waals surface area contributed by atoms with Gasteiger partial charge in [0.2, 0.25) is 5.91 Å². The molecule has 0 aliphatic rings. The Labute approximate surface area is 87.4 Å². The van der Waals surface area contributed by atoms with Crippen molar-refractivity contribution >= 4 is 23.1 Å². The number of Topliss-reactive ketones (excluding diaryl/α,β-unsaturated/α-hetero) is 1. The van der Waals surface area contributed by atoms with Gasteiger partial charge in [0.15, 0.2) is 5.78 Å². The molecule has 0 saturated heterocycles. The first-order valence-electron chi connectivity index (χ1n) is 4.43. The normalized spacial score (nSPS) is 9.67. The Morgan fingerprint density at radius 2 is 2.07 bits per heavy atom. The Hall–Kier alpha value is -2.04. The second kappa shape index (κ2) is 4.45. The lowest BCUT2D eigenvalue weighted by Crippen LogP contribution is -2.21.